The van der Waals surface area contributed by atoms with Gasteiger partial charge in [0.25, 0.3) is 0 Å². The van der Waals surface area contributed by atoms with E-state index < -0.39 is 6.23 Å². The van der Waals surface area contributed by atoms with E-state index in [1.54, 1.807) is 0 Å². The molecule has 2 aliphatic heterocycles. The van der Waals surface area contributed by atoms with Crippen LogP contribution in [-0.4, -0.2) is 44.2 Å². The van der Waals surface area contributed by atoms with Gasteiger partial charge in [-0.3, -0.25) is 0 Å². The maximum absolute atomic E-state index is 10.1. The zero-order valence-electron chi connectivity index (χ0n) is 10.5. The Morgan fingerprint density at radius 3 is 3.00 bits per heavy atom. The number of ether oxygens (including phenoxy) is 2. The third-order valence-electron chi connectivity index (χ3n) is 3.39. The second-order valence-electron chi connectivity index (χ2n) is 4.63. The quantitative estimate of drug-likeness (QED) is 0.760. The predicted molar refractivity (Wildman–Crippen MR) is 68.4 cm³/mol. The summed E-state index contributed by atoms with van der Waals surface area (Å²) in [6, 6.07) is 3.94. The highest BCUT2D eigenvalue weighted by atomic mass is 16.6. The van der Waals surface area contributed by atoms with E-state index in [9.17, 15) is 5.11 Å². The molecule has 98 valence electrons. The van der Waals surface area contributed by atoms with Gasteiger partial charge < -0.3 is 24.8 Å². The number of aliphatic hydroxyl groups is 1. The zero-order valence-corrected chi connectivity index (χ0v) is 10.5. The molecule has 0 saturated carbocycles. The lowest BCUT2D eigenvalue weighted by Gasteiger charge is -2.37. The van der Waals surface area contributed by atoms with Gasteiger partial charge in [-0.15, -0.1) is 0 Å². The summed E-state index contributed by atoms with van der Waals surface area (Å²) in [5, 5.41) is 13.3. The number of piperazine rings is 1. The van der Waals surface area contributed by atoms with Crippen LogP contribution in [0.4, 0.5) is 5.69 Å². The minimum absolute atomic E-state index is 0.519. The first-order chi connectivity index (χ1) is 8.77. The fraction of sp³-hybridized carbons (Fsp3) is 0.538. The first kappa shape index (κ1) is 11.6. The molecule has 0 aliphatic carbocycles. The zero-order chi connectivity index (χ0) is 12.5. The Kier molecular flexibility index (Phi) is 3.01. The molecule has 2 heterocycles. The minimum atomic E-state index is -0.519. The van der Waals surface area contributed by atoms with E-state index in [0.29, 0.717) is 19.8 Å². The van der Waals surface area contributed by atoms with Crippen LogP contribution in [0.25, 0.3) is 0 Å². The number of hydrogen-bond acceptors (Lipinski definition) is 5. The number of anilines is 1. The highest BCUT2D eigenvalue weighted by Crippen LogP contribution is 2.42. The normalized spacial score (nSPS) is 23.0. The van der Waals surface area contributed by atoms with E-state index in [-0.39, 0.29) is 0 Å². The van der Waals surface area contributed by atoms with E-state index in [2.05, 4.69) is 5.32 Å². The van der Waals surface area contributed by atoms with Gasteiger partial charge in [0.1, 0.15) is 19.4 Å². The Labute approximate surface area is 106 Å². The standard InChI is InChI=1S/C13H18N2O3/c1-9-2-3-10-13(18-7-6-17-10)12(9)15-5-4-14-8-11(15)16/h2-3,11,14,16H,4-8H2,1H3. The molecule has 1 atom stereocenters. The highest BCUT2D eigenvalue weighted by Gasteiger charge is 2.27. The van der Waals surface area contributed by atoms with Crippen molar-refractivity contribution in [3.63, 3.8) is 0 Å². The fourth-order valence-corrected chi connectivity index (χ4v) is 2.51. The van der Waals surface area contributed by atoms with Gasteiger partial charge in [-0.05, 0) is 18.6 Å². The van der Waals surface area contributed by atoms with Crippen LogP contribution < -0.4 is 19.7 Å². The monoisotopic (exact) mass is 250 g/mol. The molecular weight excluding hydrogens is 232 g/mol. The van der Waals surface area contributed by atoms with E-state index >= 15 is 0 Å². The SMILES string of the molecule is Cc1ccc2c(c1N1CCNCC1O)OCCO2. The molecule has 1 saturated heterocycles. The minimum Gasteiger partial charge on any atom is -0.486 e. The van der Waals surface area contributed by atoms with Crippen molar-refractivity contribution in [2.45, 2.75) is 13.2 Å². The number of rotatable bonds is 1. The second-order valence-corrected chi connectivity index (χ2v) is 4.63. The molecule has 0 bridgehead atoms. The summed E-state index contributed by atoms with van der Waals surface area (Å²) in [4.78, 5) is 1.99. The first-order valence-electron chi connectivity index (χ1n) is 6.32. The second kappa shape index (κ2) is 4.66. The van der Waals surface area contributed by atoms with Crippen LogP contribution in [-0.2, 0) is 0 Å². The van der Waals surface area contributed by atoms with E-state index in [0.717, 1.165) is 35.8 Å². The van der Waals surface area contributed by atoms with Crippen molar-refractivity contribution in [1.29, 1.82) is 0 Å². The van der Waals surface area contributed by atoms with Crippen LogP contribution in [0.1, 0.15) is 5.56 Å². The average molecular weight is 250 g/mol. The molecule has 18 heavy (non-hydrogen) atoms. The molecule has 2 N–H and O–H groups in total. The van der Waals surface area contributed by atoms with Crippen LogP contribution in [0.2, 0.25) is 0 Å². The molecule has 1 unspecified atom stereocenters. The van der Waals surface area contributed by atoms with Gasteiger partial charge in [-0.25, -0.2) is 0 Å². The van der Waals surface area contributed by atoms with Crippen LogP contribution in [0.3, 0.4) is 0 Å². The van der Waals surface area contributed by atoms with Gasteiger partial charge in [0.15, 0.2) is 11.5 Å². The Bertz CT molecular complexity index is 450. The maximum Gasteiger partial charge on any atom is 0.185 e. The van der Waals surface area contributed by atoms with E-state index in [1.807, 2.05) is 24.0 Å². The number of benzene rings is 1. The topological polar surface area (TPSA) is 54.0 Å². The lowest BCUT2D eigenvalue weighted by molar-refractivity contribution is 0.145. The van der Waals surface area contributed by atoms with Gasteiger partial charge in [0.2, 0.25) is 0 Å². The molecule has 1 aromatic carbocycles. The Hall–Kier alpha value is -1.46. The van der Waals surface area contributed by atoms with E-state index in [1.165, 1.54) is 0 Å². The summed E-state index contributed by atoms with van der Waals surface area (Å²) in [6.07, 6.45) is -0.519. The van der Waals surface area contributed by atoms with Crippen molar-refractivity contribution >= 4 is 5.69 Å². The number of hydrogen-bond donors (Lipinski definition) is 2. The first-order valence-corrected chi connectivity index (χ1v) is 6.32. The third kappa shape index (κ3) is 1.89. The molecule has 5 heteroatoms. The third-order valence-corrected chi connectivity index (χ3v) is 3.39. The smallest absolute Gasteiger partial charge is 0.185 e. The Morgan fingerprint density at radius 2 is 2.17 bits per heavy atom. The van der Waals surface area contributed by atoms with Crippen molar-refractivity contribution < 1.29 is 14.6 Å². The molecule has 1 aromatic rings. The summed E-state index contributed by atoms with van der Waals surface area (Å²) in [5.41, 5.74) is 2.06. The van der Waals surface area contributed by atoms with Crippen LogP contribution in [0.5, 0.6) is 11.5 Å². The van der Waals surface area contributed by atoms with Crippen molar-refractivity contribution in [1.82, 2.24) is 5.32 Å². The van der Waals surface area contributed by atoms with Gasteiger partial charge in [0, 0.05) is 19.6 Å². The summed E-state index contributed by atoms with van der Waals surface area (Å²) >= 11 is 0. The van der Waals surface area contributed by atoms with E-state index in [4.69, 9.17) is 9.47 Å². The van der Waals surface area contributed by atoms with Crippen LogP contribution >= 0.6 is 0 Å². The molecule has 1 fully saturated rings. The number of fused-ring (bicyclic) bond motifs is 1. The van der Waals surface area contributed by atoms with Gasteiger partial charge in [0.05, 0.1) is 5.69 Å². The van der Waals surface area contributed by atoms with Crippen LogP contribution in [0, 0.1) is 6.92 Å². The van der Waals surface area contributed by atoms with Gasteiger partial charge in [-0.1, -0.05) is 6.07 Å². The van der Waals surface area contributed by atoms with Gasteiger partial charge in [-0.2, -0.15) is 0 Å². The number of aryl methyl sites for hydroxylation is 1. The van der Waals surface area contributed by atoms with Gasteiger partial charge >= 0.3 is 0 Å². The van der Waals surface area contributed by atoms with Crippen molar-refractivity contribution in [2.24, 2.45) is 0 Å². The average Bonchev–Trinajstić information content (AvgIpc) is 2.40. The molecule has 5 nitrogen and oxygen atoms in total. The molecule has 2 aliphatic rings. The lowest BCUT2D eigenvalue weighted by atomic mass is 10.1. The molecule has 3 rings (SSSR count). The predicted octanol–water partition coefficient (Wildman–Crippen LogP) is 0.494. The molecule has 0 radical (unpaired) electrons. The summed E-state index contributed by atoms with van der Waals surface area (Å²) in [6.45, 7) is 5.38. The van der Waals surface area contributed by atoms with Crippen molar-refractivity contribution in [2.75, 3.05) is 37.7 Å². The summed E-state index contributed by atoms with van der Waals surface area (Å²) in [7, 11) is 0. The number of aliphatic hydroxyl groups excluding tert-OH is 1. The molecule has 0 spiro atoms. The Balaban J connectivity index is 2.04. The highest BCUT2D eigenvalue weighted by molar-refractivity contribution is 5.69. The summed E-state index contributed by atoms with van der Waals surface area (Å²) in [5.74, 6) is 1.54. The lowest BCUT2D eigenvalue weighted by Crippen LogP contribution is -2.51. The maximum atomic E-state index is 10.1. The van der Waals surface area contributed by atoms with Crippen molar-refractivity contribution in [3.05, 3.63) is 17.7 Å². The molecule has 0 amide bonds. The number of nitrogens with one attached hydrogen (secondary N) is 1. The fourth-order valence-electron chi connectivity index (χ4n) is 2.51. The number of nitrogens with zero attached hydrogens (tertiary/aromatic N) is 1. The van der Waals surface area contributed by atoms with Crippen molar-refractivity contribution in [3.8, 4) is 11.5 Å². The van der Waals surface area contributed by atoms with Crippen LogP contribution in [0.15, 0.2) is 12.1 Å². The molecular formula is C13H18N2O3. The number of β-amino-alcohol motifs (C(OH)–C–C–N with tert-alkyl or cyclic N) is 1. The molecule has 0 aromatic heterocycles. The summed E-state index contributed by atoms with van der Waals surface area (Å²) < 4.78 is 11.3. The Morgan fingerprint density at radius 1 is 1.33 bits per heavy atom. The largest absolute Gasteiger partial charge is 0.486 e.